The second-order valence-electron chi connectivity index (χ2n) is 5.47. The van der Waals surface area contributed by atoms with Crippen LogP contribution in [0.25, 0.3) is 10.2 Å². The number of alkyl halides is 3. The molecule has 0 aliphatic rings. The molecule has 0 unspecified atom stereocenters. The van der Waals surface area contributed by atoms with E-state index in [1.165, 1.54) is 4.57 Å². The van der Waals surface area contributed by atoms with Crippen molar-refractivity contribution in [3.05, 3.63) is 61.4 Å². The van der Waals surface area contributed by atoms with E-state index >= 15 is 0 Å². The maximum absolute atomic E-state index is 12.6. The molecule has 0 bridgehead atoms. The van der Waals surface area contributed by atoms with E-state index in [-0.39, 0.29) is 28.7 Å². The van der Waals surface area contributed by atoms with Crippen LogP contribution in [0.15, 0.2) is 35.3 Å². The topological polar surface area (TPSA) is 64.0 Å². The van der Waals surface area contributed by atoms with Gasteiger partial charge in [0, 0.05) is 6.20 Å². The quantitative estimate of drug-likeness (QED) is 0.670. The van der Waals surface area contributed by atoms with Gasteiger partial charge in [-0.1, -0.05) is 40.6 Å². The maximum Gasteiger partial charge on any atom is 0.417 e. The van der Waals surface area contributed by atoms with Gasteiger partial charge in [-0.15, -0.1) is 0 Å². The minimum Gasteiger partial charge on any atom is -0.349 e. The van der Waals surface area contributed by atoms with E-state index in [0.29, 0.717) is 21.4 Å². The van der Waals surface area contributed by atoms with Crippen molar-refractivity contribution >= 4 is 50.7 Å². The number of hydrogen-bond acceptors (Lipinski definition) is 4. The van der Waals surface area contributed by atoms with E-state index in [9.17, 15) is 22.8 Å². The molecule has 0 atom stereocenters. The van der Waals surface area contributed by atoms with Gasteiger partial charge in [-0.3, -0.25) is 19.1 Å². The molecular weight excluding hydrogens is 426 g/mol. The first-order valence-electron chi connectivity index (χ1n) is 7.43. The molecule has 1 N–H and O–H groups in total. The molecule has 0 saturated carbocycles. The largest absolute Gasteiger partial charge is 0.417 e. The predicted molar refractivity (Wildman–Crippen MR) is 97.2 cm³/mol. The summed E-state index contributed by atoms with van der Waals surface area (Å²) in [6.45, 7) is -0.471. The third kappa shape index (κ3) is 4.26. The van der Waals surface area contributed by atoms with Crippen LogP contribution in [-0.2, 0) is 24.1 Å². The summed E-state index contributed by atoms with van der Waals surface area (Å²) in [5.74, 6) is -0.533. The number of carbonyl (C=O) groups is 1. The van der Waals surface area contributed by atoms with Crippen molar-refractivity contribution in [1.82, 2.24) is 14.9 Å². The SMILES string of the molecule is O=C(Cn1c(=O)sc2cccc(Cl)c21)NCc1ncc(C(F)(F)F)cc1Cl. The number of aromatic nitrogens is 2. The summed E-state index contributed by atoms with van der Waals surface area (Å²) in [5, 5.41) is 2.60. The Morgan fingerprint density at radius 1 is 1.26 bits per heavy atom. The van der Waals surface area contributed by atoms with E-state index in [1.807, 2.05) is 0 Å². The third-order valence-corrected chi connectivity index (χ3v) is 5.21. The number of hydrogen-bond donors (Lipinski definition) is 1. The molecule has 142 valence electrons. The van der Waals surface area contributed by atoms with Crippen molar-refractivity contribution in [2.45, 2.75) is 19.3 Å². The lowest BCUT2D eigenvalue weighted by Gasteiger charge is -2.10. The number of amides is 1. The molecule has 0 fully saturated rings. The first-order valence-corrected chi connectivity index (χ1v) is 9.00. The molecule has 0 radical (unpaired) electrons. The van der Waals surface area contributed by atoms with Crippen LogP contribution in [0.1, 0.15) is 11.3 Å². The van der Waals surface area contributed by atoms with Crippen molar-refractivity contribution in [3.8, 4) is 0 Å². The van der Waals surface area contributed by atoms with Crippen molar-refractivity contribution < 1.29 is 18.0 Å². The fourth-order valence-electron chi connectivity index (χ4n) is 2.36. The molecule has 3 rings (SSSR count). The minimum absolute atomic E-state index is 0.0820. The van der Waals surface area contributed by atoms with Crippen LogP contribution in [-0.4, -0.2) is 15.5 Å². The van der Waals surface area contributed by atoms with Crippen molar-refractivity contribution in [2.75, 3.05) is 0 Å². The van der Waals surface area contributed by atoms with Crippen LogP contribution >= 0.6 is 34.5 Å². The second kappa shape index (κ2) is 7.49. The van der Waals surface area contributed by atoms with Gasteiger partial charge in [-0.25, -0.2) is 0 Å². The van der Waals surface area contributed by atoms with Crippen molar-refractivity contribution in [2.24, 2.45) is 0 Å². The molecule has 1 aromatic carbocycles. The summed E-state index contributed by atoms with van der Waals surface area (Å²) in [5.41, 5.74) is -0.443. The molecule has 1 amide bonds. The van der Waals surface area contributed by atoms with Gasteiger partial charge in [0.05, 0.1) is 38.1 Å². The fraction of sp³-hybridized carbons (Fsp3) is 0.188. The molecule has 0 spiro atoms. The predicted octanol–water partition coefficient (Wildman–Crippen LogP) is 4.10. The summed E-state index contributed by atoms with van der Waals surface area (Å²) < 4.78 is 39.7. The molecule has 11 heteroatoms. The number of nitrogens with one attached hydrogen (secondary N) is 1. The first-order chi connectivity index (χ1) is 12.7. The average Bonchev–Trinajstić information content (AvgIpc) is 2.89. The maximum atomic E-state index is 12.6. The number of halogens is 5. The van der Waals surface area contributed by atoms with Crippen molar-refractivity contribution in [1.29, 1.82) is 0 Å². The zero-order valence-corrected chi connectivity index (χ0v) is 15.6. The zero-order valence-electron chi connectivity index (χ0n) is 13.3. The van der Waals surface area contributed by atoms with Crippen LogP contribution in [0.3, 0.4) is 0 Å². The summed E-state index contributed by atoms with van der Waals surface area (Å²) in [4.78, 5) is 27.6. The number of rotatable bonds is 4. The lowest BCUT2D eigenvalue weighted by atomic mass is 10.2. The molecule has 5 nitrogen and oxygen atoms in total. The number of benzene rings is 1. The van der Waals surface area contributed by atoms with Gasteiger partial charge >= 0.3 is 11.0 Å². The number of pyridine rings is 1. The summed E-state index contributed by atoms with van der Waals surface area (Å²) in [6.07, 6.45) is -3.91. The number of carbonyl (C=O) groups excluding carboxylic acids is 1. The van der Waals surface area contributed by atoms with Crippen LogP contribution in [0.4, 0.5) is 13.2 Å². The van der Waals surface area contributed by atoms with Gasteiger partial charge in [-0.2, -0.15) is 13.2 Å². The van der Waals surface area contributed by atoms with Gasteiger partial charge in [0.25, 0.3) is 0 Å². The van der Waals surface area contributed by atoms with Crippen LogP contribution in [0.2, 0.25) is 10.0 Å². The van der Waals surface area contributed by atoms with Gasteiger partial charge in [-0.05, 0) is 18.2 Å². The molecule has 2 aromatic heterocycles. The summed E-state index contributed by atoms with van der Waals surface area (Å²) >= 11 is 12.9. The summed E-state index contributed by atoms with van der Waals surface area (Å²) in [7, 11) is 0. The standard InChI is InChI=1S/C16H10Cl2F3N3O2S/c17-9-2-1-3-12-14(9)24(15(26)27-12)7-13(25)23-6-11-10(18)4-8(5-22-11)16(19,20)21/h1-5H,6-7H2,(H,23,25). The van der Waals surface area contributed by atoms with E-state index in [1.54, 1.807) is 18.2 Å². The van der Waals surface area contributed by atoms with Gasteiger partial charge < -0.3 is 5.32 Å². The average molecular weight is 436 g/mol. The normalized spacial score (nSPS) is 11.7. The highest BCUT2D eigenvalue weighted by Gasteiger charge is 2.31. The molecule has 2 heterocycles. The number of para-hydroxylation sites is 1. The van der Waals surface area contributed by atoms with Crippen LogP contribution < -0.4 is 10.2 Å². The first kappa shape index (κ1) is 19.7. The molecule has 0 aliphatic heterocycles. The third-order valence-electron chi connectivity index (χ3n) is 3.64. The van der Waals surface area contributed by atoms with Gasteiger partial charge in [0.2, 0.25) is 5.91 Å². The number of fused-ring (bicyclic) bond motifs is 1. The molecule has 0 saturated heterocycles. The van der Waals surface area contributed by atoms with Crippen LogP contribution in [0.5, 0.6) is 0 Å². The Labute approximate surface area is 164 Å². The van der Waals surface area contributed by atoms with Gasteiger partial charge in [0.1, 0.15) is 6.54 Å². The number of thiazole rings is 1. The Hall–Kier alpha value is -2.10. The fourth-order valence-corrected chi connectivity index (χ4v) is 3.84. The Balaban J connectivity index is 1.73. The second-order valence-corrected chi connectivity index (χ2v) is 7.28. The Kier molecular flexibility index (Phi) is 5.45. The van der Waals surface area contributed by atoms with E-state index in [0.717, 1.165) is 17.4 Å². The highest BCUT2D eigenvalue weighted by atomic mass is 35.5. The lowest BCUT2D eigenvalue weighted by molar-refractivity contribution is -0.137. The molecule has 3 aromatic rings. The smallest absolute Gasteiger partial charge is 0.349 e. The Morgan fingerprint density at radius 3 is 2.67 bits per heavy atom. The highest BCUT2D eigenvalue weighted by Crippen LogP contribution is 2.31. The Morgan fingerprint density at radius 2 is 2.00 bits per heavy atom. The molecular formula is C16H10Cl2F3N3O2S. The van der Waals surface area contributed by atoms with Gasteiger partial charge in [0.15, 0.2) is 0 Å². The zero-order chi connectivity index (χ0) is 19.8. The molecule has 0 aliphatic carbocycles. The Bertz CT molecular complexity index is 1080. The number of nitrogens with zero attached hydrogens (tertiary/aromatic N) is 2. The van der Waals surface area contributed by atoms with E-state index < -0.39 is 17.6 Å². The molecule has 27 heavy (non-hydrogen) atoms. The lowest BCUT2D eigenvalue weighted by Crippen LogP contribution is -2.30. The monoisotopic (exact) mass is 435 g/mol. The minimum atomic E-state index is -4.56. The van der Waals surface area contributed by atoms with Crippen molar-refractivity contribution in [3.63, 3.8) is 0 Å². The van der Waals surface area contributed by atoms with E-state index in [2.05, 4.69) is 10.3 Å². The van der Waals surface area contributed by atoms with E-state index in [4.69, 9.17) is 23.2 Å². The highest BCUT2D eigenvalue weighted by molar-refractivity contribution is 7.16. The van der Waals surface area contributed by atoms with Crippen LogP contribution in [0, 0.1) is 0 Å². The summed E-state index contributed by atoms with van der Waals surface area (Å²) in [6, 6.07) is 5.76.